The summed E-state index contributed by atoms with van der Waals surface area (Å²) in [5, 5.41) is 6.49. The number of rotatable bonds is 5. The van der Waals surface area contributed by atoms with E-state index >= 15 is 0 Å². The van der Waals surface area contributed by atoms with E-state index in [-0.39, 0.29) is 5.91 Å². The Morgan fingerprint density at radius 1 is 1.30 bits per heavy atom. The molecule has 1 aliphatic heterocycles. The molecule has 27 heavy (non-hydrogen) atoms. The number of carbonyl (C=O) groups excluding carboxylic acids is 1. The summed E-state index contributed by atoms with van der Waals surface area (Å²) in [6.45, 7) is 7.39. The molecule has 0 unspecified atom stereocenters. The zero-order valence-electron chi connectivity index (χ0n) is 15.4. The van der Waals surface area contributed by atoms with Crippen LogP contribution in [0.3, 0.4) is 0 Å². The Bertz CT molecular complexity index is 946. The second-order valence-corrected chi connectivity index (χ2v) is 8.66. The lowest BCUT2D eigenvalue weighted by Crippen LogP contribution is -2.41. The van der Waals surface area contributed by atoms with Crippen LogP contribution in [0.2, 0.25) is 0 Å². The van der Waals surface area contributed by atoms with E-state index in [1.165, 1.54) is 10.4 Å². The Morgan fingerprint density at radius 2 is 2.11 bits per heavy atom. The van der Waals surface area contributed by atoms with Crippen molar-refractivity contribution in [3.8, 4) is 10.7 Å². The molecule has 4 rings (SSSR count). The number of ether oxygens (including phenoxy) is 1. The highest BCUT2D eigenvalue weighted by atomic mass is 32.1. The van der Waals surface area contributed by atoms with Crippen molar-refractivity contribution < 1.29 is 9.53 Å². The quantitative estimate of drug-likeness (QED) is 0.705. The summed E-state index contributed by atoms with van der Waals surface area (Å²) in [6, 6.07) is 4.04. The minimum Gasteiger partial charge on any atom is -0.378 e. The minimum absolute atomic E-state index is 0.160. The maximum atomic E-state index is 12.4. The van der Waals surface area contributed by atoms with E-state index in [0.717, 1.165) is 26.7 Å². The Morgan fingerprint density at radius 3 is 2.85 bits per heavy atom. The average molecular weight is 403 g/mol. The highest BCUT2D eigenvalue weighted by molar-refractivity contribution is 7.19. The van der Waals surface area contributed by atoms with E-state index < -0.39 is 0 Å². The molecule has 0 atom stereocenters. The van der Waals surface area contributed by atoms with Crippen molar-refractivity contribution in [1.82, 2.24) is 14.9 Å². The fraction of sp³-hybridized carbons (Fsp3) is 0.421. The molecule has 1 N–H and O–H groups in total. The number of aromatic nitrogens is 2. The number of amides is 1. The number of hydrogen-bond donors (Lipinski definition) is 1. The van der Waals surface area contributed by atoms with Gasteiger partial charge in [0, 0.05) is 30.9 Å². The number of nitrogens with zero attached hydrogens (tertiary/aromatic N) is 3. The third-order valence-corrected chi connectivity index (χ3v) is 6.73. The van der Waals surface area contributed by atoms with Crippen LogP contribution in [0, 0.1) is 13.8 Å². The first-order chi connectivity index (χ1) is 13.1. The number of aryl methyl sites for hydroxylation is 2. The molecule has 142 valence electrons. The van der Waals surface area contributed by atoms with Crippen molar-refractivity contribution in [2.24, 2.45) is 0 Å². The second kappa shape index (κ2) is 7.92. The number of thiophene rings is 2. The van der Waals surface area contributed by atoms with E-state index in [1.807, 2.05) is 22.4 Å². The summed E-state index contributed by atoms with van der Waals surface area (Å²) in [5.41, 5.74) is 1.20. The zero-order chi connectivity index (χ0) is 18.8. The fourth-order valence-corrected chi connectivity index (χ4v) is 4.84. The van der Waals surface area contributed by atoms with Crippen LogP contribution in [0.1, 0.15) is 16.9 Å². The van der Waals surface area contributed by atoms with E-state index in [0.29, 0.717) is 39.3 Å². The molecule has 1 fully saturated rings. The van der Waals surface area contributed by atoms with Crippen LogP contribution in [-0.4, -0.2) is 53.6 Å². The normalized spacial score (nSPS) is 14.7. The summed E-state index contributed by atoms with van der Waals surface area (Å²) in [6.07, 6.45) is 0.446. The van der Waals surface area contributed by atoms with Gasteiger partial charge in [-0.1, -0.05) is 6.07 Å². The fourth-order valence-electron chi connectivity index (χ4n) is 3.15. The number of carbonyl (C=O) groups is 1. The maximum Gasteiger partial charge on any atom is 0.224 e. The van der Waals surface area contributed by atoms with Gasteiger partial charge in [-0.05, 0) is 30.9 Å². The molecule has 0 aliphatic carbocycles. The summed E-state index contributed by atoms with van der Waals surface area (Å²) >= 11 is 3.32. The molecular formula is C19H22N4O2S2. The number of nitrogens with one attached hydrogen (secondary N) is 1. The second-order valence-electron chi connectivity index (χ2n) is 6.51. The number of hydrogen-bond acceptors (Lipinski definition) is 7. The van der Waals surface area contributed by atoms with Crippen LogP contribution in [0.5, 0.6) is 0 Å². The lowest BCUT2D eigenvalue weighted by atomic mass is 10.2. The van der Waals surface area contributed by atoms with E-state index in [1.54, 1.807) is 22.7 Å². The van der Waals surface area contributed by atoms with Crippen molar-refractivity contribution in [3.05, 3.63) is 28.0 Å². The summed E-state index contributed by atoms with van der Waals surface area (Å²) in [7, 11) is 0. The molecule has 0 aromatic carbocycles. The molecule has 1 aliphatic rings. The average Bonchev–Trinajstić information content (AvgIpc) is 3.31. The monoisotopic (exact) mass is 402 g/mol. The van der Waals surface area contributed by atoms with Crippen LogP contribution in [0.25, 0.3) is 20.9 Å². The molecule has 6 nitrogen and oxygen atoms in total. The Labute approximate surface area is 166 Å². The van der Waals surface area contributed by atoms with Gasteiger partial charge in [-0.3, -0.25) is 4.79 Å². The van der Waals surface area contributed by atoms with Gasteiger partial charge in [-0.15, -0.1) is 22.7 Å². The van der Waals surface area contributed by atoms with Crippen LogP contribution >= 0.6 is 22.7 Å². The first kappa shape index (κ1) is 18.3. The Kier molecular flexibility index (Phi) is 5.38. The number of fused-ring (bicyclic) bond motifs is 1. The largest absolute Gasteiger partial charge is 0.378 e. The summed E-state index contributed by atoms with van der Waals surface area (Å²) in [4.78, 5) is 27.1. The molecule has 1 amide bonds. The van der Waals surface area contributed by atoms with Crippen LogP contribution in [0.4, 0.5) is 5.82 Å². The molecule has 4 heterocycles. The summed E-state index contributed by atoms with van der Waals surface area (Å²) < 4.78 is 5.31. The Hall–Kier alpha value is -2.03. The minimum atomic E-state index is 0.160. The molecule has 3 aromatic heterocycles. The molecular weight excluding hydrogens is 380 g/mol. The van der Waals surface area contributed by atoms with Crippen LogP contribution < -0.4 is 5.32 Å². The lowest BCUT2D eigenvalue weighted by molar-refractivity contribution is -0.134. The van der Waals surface area contributed by atoms with Crippen molar-refractivity contribution in [1.29, 1.82) is 0 Å². The Balaban J connectivity index is 1.55. The molecule has 0 spiro atoms. The molecule has 0 saturated carbocycles. The smallest absolute Gasteiger partial charge is 0.224 e. The van der Waals surface area contributed by atoms with Gasteiger partial charge in [-0.25, -0.2) is 9.97 Å². The number of anilines is 1. The van der Waals surface area contributed by atoms with Gasteiger partial charge in [0.2, 0.25) is 5.91 Å². The van der Waals surface area contributed by atoms with E-state index in [4.69, 9.17) is 14.7 Å². The first-order valence-electron chi connectivity index (χ1n) is 9.04. The van der Waals surface area contributed by atoms with Gasteiger partial charge in [0.1, 0.15) is 10.6 Å². The van der Waals surface area contributed by atoms with E-state index in [9.17, 15) is 4.79 Å². The first-order valence-corrected chi connectivity index (χ1v) is 10.7. The van der Waals surface area contributed by atoms with Crippen LogP contribution in [0.15, 0.2) is 17.5 Å². The van der Waals surface area contributed by atoms with Gasteiger partial charge >= 0.3 is 0 Å². The zero-order valence-corrected chi connectivity index (χ0v) is 17.1. The molecule has 1 saturated heterocycles. The molecule has 0 bridgehead atoms. The van der Waals surface area contributed by atoms with Crippen LogP contribution in [-0.2, 0) is 9.53 Å². The van der Waals surface area contributed by atoms with Gasteiger partial charge in [0.25, 0.3) is 0 Å². The third-order valence-electron chi connectivity index (χ3n) is 4.77. The highest BCUT2D eigenvalue weighted by Crippen LogP contribution is 2.35. The van der Waals surface area contributed by atoms with Crippen molar-refractivity contribution in [2.75, 3.05) is 38.2 Å². The molecule has 3 aromatic rings. The molecule has 8 heteroatoms. The van der Waals surface area contributed by atoms with Gasteiger partial charge < -0.3 is 15.0 Å². The van der Waals surface area contributed by atoms with Gasteiger partial charge in [0.05, 0.1) is 23.5 Å². The topological polar surface area (TPSA) is 67.4 Å². The van der Waals surface area contributed by atoms with Gasteiger partial charge in [0.15, 0.2) is 5.82 Å². The van der Waals surface area contributed by atoms with Crippen molar-refractivity contribution in [2.45, 2.75) is 20.3 Å². The van der Waals surface area contributed by atoms with Gasteiger partial charge in [-0.2, -0.15) is 0 Å². The third kappa shape index (κ3) is 3.83. The molecule has 0 radical (unpaired) electrons. The number of morpholine rings is 1. The van der Waals surface area contributed by atoms with E-state index in [2.05, 4.69) is 19.2 Å². The predicted molar refractivity (Wildman–Crippen MR) is 111 cm³/mol. The lowest BCUT2D eigenvalue weighted by Gasteiger charge is -2.26. The maximum absolute atomic E-state index is 12.4. The highest BCUT2D eigenvalue weighted by Gasteiger charge is 2.18. The van der Waals surface area contributed by atoms with Crippen molar-refractivity contribution in [3.63, 3.8) is 0 Å². The summed E-state index contributed by atoms with van der Waals surface area (Å²) in [5.74, 6) is 1.72. The van der Waals surface area contributed by atoms with Crippen molar-refractivity contribution >= 4 is 44.6 Å². The predicted octanol–water partition coefficient (Wildman–Crippen LogP) is 3.70. The standard InChI is InChI=1S/C19H22N4O2S2/c1-12-13(2)27-19-16(12)18(21-17(22-19)14-4-3-11-26-14)20-6-5-15(24)23-7-9-25-10-8-23/h3-4,11H,5-10H2,1-2H3,(H,20,21,22). The SMILES string of the molecule is Cc1sc2nc(-c3cccs3)nc(NCCC(=O)N3CCOCC3)c2c1C.